The van der Waals surface area contributed by atoms with Crippen LogP contribution < -0.4 is 9.47 Å². The van der Waals surface area contributed by atoms with Crippen LogP contribution in [0.4, 0.5) is 0 Å². The van der Waals surface area contributed by atoms with Crippen molar-refractivity contribution in [2.24, 2.45) is 5.92 Å². The fourth-order valence-corrected chi connectivity index (χ4v) is 5.02. The number of ether oxygens (including phenoxy) is 2. The fourth-order valence-electron chi connectivity index (χ4n) is 5.02. The Kier molecular flexibility index (Phi) is 9.02. The number of hydrogen-bond acceptors (Lipinski definition) is 4. The molecule has 1 aromatic carbocycles. The average Bonchev–Trinajstić information content (AvgIpc) is 2.86. The maximum Gasteiger partial charge on any atom is 0.227 e. The molecule has 0 N–H and O–H groups in total. The summed E-state index contributed by atoms with van der Waals surface area (Å²) in [4.78, 5) is 18.6. The van der Waals surface area contributed by atoms with Crippen LogP contribution in [0, 0.1) is 5.92 Å². The third kappa shape index (κ3) is 7.76. The first-order valence-electron chi connectivity index (χ1n) is 12.8. The van der Waals surface area contributed by atoms with Crippen molar-refractivity contribution < 1.29 is 14.3 Å². The quantitative estimate of drug-likeness (QED) is 0.428. The van der Waals surface area contributed by atoms with E-state index in [1.807, 2.05) is 41.3 Å². The molecule has 33 heavy (non-hydrogen) atoms. The van der Waals surface area contributed by atoms with Crippen LogP contribution in [0.15, 0.2) is 48.8 Å². The van der Waals surface area contributed by atoms with Gasteiger partial charge in [0.15, 0.2) is 0 Å². The van der Waals surface area contributed by atoms with Crippen molar-refractivity contribution in [2.45, 2.75) is 76.7 Å². The maximum atomic E-state index is 12.5. The van der Waals surface area contributed by atoms with Gasteiger partial charge in [0.2, 0.25) is 5.91 Å². The molecule has 1 saturated heterocycles. The Bertz CT molecular complexity index is 826. The smallest absolute Gasteiger partial charge is 0.227 e. The van der Waals surface area contributed by atoms with Gasteiger partial charge in [-0.05, 0) is 54.7 Å². The summed E-state index contributed by atoms with van der Waals surface area (Å²) in [5.74, 6) is 2.92. The number of carbonyl (C=O) groups is 1. The van der Waals surface area contributed by atoms with Gasteiger partial charge < -0.3 is 14.4 Å². The number of likely N-dealkylation sites (tertiary alicyclic amines) is 1. The molecule has 2 aliphatic rings. The fraction of sp³-hybridized carbons (Fsp3) is 0.571. The van der Waals surface area contributed by atoms with Crippen LogP contribution >= 0.6 is 0 Å². The molecule has 1 aliphatic heterocycles. The minimum Gasteiger partial charge on any atom is -0.494 e. The van der Waals surface area contributed by atoms with Crippen LogP contribution in [-0.2, 0) is 11.2 Å². The van der Waals surface area contributed by atoms with Crippen LogP contribution in [0.3, 0.4) is 0 Å². The molecule has 2 fully saturated rings. The van der Waals surface area contributed by atoms with Crippen molar-refractivity contribution in [3.05, 3.63) is 54.4 Å². The van der Waals surface area contributed by atoms with Gasteiger partial charge in [0.1, 0.15) is 17.6 Å². The van der Waals surface area contributed by atoms with E-state index in [0.717, 1.165) is 61.9 Å². The number of hydrogen-bond donors (Lipinski definition) is 0. The summed E-state index contributed by atoms with van der Waals surface area (Å²) >= 11 is 0. The standard InChI is InChI=1S/C28H38N2O3/c31-28(21-24-10-6-17-29-22-24)30-18-15-27(16-19-30)33-26-13-11-25(12-14-26)32-20-5-4-9-23-7-2-1-3-8-23/h6,10-14,17,22-23,27H,1-5,7-9,15-16,18-21H2. The minimum atomic E-state index is 0.152. The molecule has 0 unspecified atom stereocenters. The number of benzene rings is 1. The number of piperidine rings is 1. The van der Waals surface area contributed by atoms with Gasteiger partial charge in [-0.2, -0.15) is 0 Å². The highest BCUT2D eigenvalue weighted by atomic mass is 16.5. The molecule has 0 spiro atoms. The molecule has 1 amide bonds. The number of pyridine rings is 1. The molecule has 1 aromatic heterocycles. The summed E-state index contributed by atoms with van der Waals surface area (Å²) < 4.78 is 12.1. The molecule has 2 aromatic rings. The summed E-state index contributed by atoms with van der Waals surface area (Å²) in [6.45, 7) is 2.27. The molecular formula is C28H38N2O3. The second-order valence-corrected chi connectivity index (χ2v) is 9.56. The number of nitrogens with zero attached hydrogens (tertiary/aromatic N) is 2. The van der Waals surface area contributed by atoms with Crippen LogP contribution in [0.1, 0.15) is 69.8 Å². The van der Waals surface area contributed by atoms with Crippen molar-refractivity contribution in [2.75, 3.05) is 19.7 Å². The summed E-state index contributed by atoms with van der Waals surface area (Å²) in [7, 11) is 0. The Morgan fingerprint density at radius 2 is 1.70 bits per heavy atom. The molecule has 4 rings (SSSR count). The summed E-state index contributed by atoms with van der Waals surface area (Å²) in [6.07, 6.45) is 16.7. The van der Waals surface area contributed by atoms with Crippen molar-refractivity contribution in [3.63, 3.8) is 0 Å². The molecule has 5 heteroatoms. The van der Waals surface area contributed by atoms with Crippen molar-refractivity contribution in [3.8, 4) is 11.5 Å². The lowest BCUT2D eigenvalue weighted by Gasteiger charge is -2.32. The van der Waals surface area contributed by atoms with Gasteiger partial charge in [0, 0.05) is 38.3 Å². The minimum absolute atomic E-state index is 0.152. The molecule has 0 bridgehead atoms. The zero-order valence-corrected chi connectivity index (χ0v) is 19.8. The van der Waals surface area contributed by atoms with Crippen LogP contribution in [0.2, 0.25) is 0 Å². The van der Waals surface area contributed by atoms with Gasteiger partial charge in [-0.15, -0.1) is 0 Å². The monoisotopic (exact) mass is 450 g/mol. The van der Waals surface area contributed by atoms with Gasteiger partial charge >= 0.3 is 0 Å². The van der Waals surface area contributed by atoms with E-state index < -0.39 is 0 Å². The molecule has 0 radical (unpaired) electrons. The largest absolute Gasteiger partial charge is 0.494 e. The van der Waals surface area contributed by atoms with E-state index in [1.54, 1.807) is 12.4 Å². The third-order valence-electron chi connectivity index (χ3n) is 7.00. The Hall–Kier alpha value is -2.56. The predicted molar refractivity (Wildman–Crippen MR) is 131 cm³/mol. The molecule has 5 nitrogen and oxygen atoms in total. The Balaban J connectivity index is 1.11. The van der Waals surface area contributed by atoms with E-state index in [1.165, 1.54) is 44.9 Å². The van der Waals surface area contributed by atoms with Gasteiger partial charge in [0.25, 0.3) is 0 Å². The first kappa shape index (κ1) is 23.6. The normalized spacial score (nSPS) is 17.6. The second-order valence-electron chi connectivity index (χ2n) is 9.56. The summed E-state index contributed by atoms with van der Waals surface area (Å²) in [6, 6.07) is 11.8. The van der Waals surface area contributed by atoms with E-state index in [-0.39, 0.29) is 12.0 Å². The van der Waals surface area contributed by atoms with E-state index in [9.17, 15) is 4.79 Å². The third-order valence-corrected chi connectivity index (χ3v) is 7.00. The van der Waals surface area contributed by atoms with Crippen molar-refractivity contribution in [1.29, 1.82) is 0 Å². The second kappa shape index (κ2) is 12.6. The molecule has 1 saturated carbocycles. The summed E-state index contributed by atoms with van der Waals surface area (Å²) in [5.41, 5.74) is 0.965. The average molecular weight is 451 g/mol. The van der Waals surface area contributed by atoms with Gasteiger partial charge in [0.05, 0.1) is 13.0 Å². The van der Waals surface area contributed by atoms with Crippen LogP contribution in [0.5, 0.6) is 11.5 Å². The number of carbonyl (C=O) groups excluding carboxylic acids is 1. The summed E-state index contributed by atoms with van der Waals surface area (Å²) in [5, 5.41) is 0. The lowest BCUT2D eigenvalue weighted by Crippen LogP contribution is -2.42. The van der Waals surface area contributed by atoms with Crippen LogP contribution in [0.25, 0.3) is 0 Å². The van der Waals surface area contributed by atoms with Gasteiger partial charge in [-0.1, -0.05) is 44.6 Å². The van der Waals surface area contributed by atoms with Gasteiger partial charge in [-0.25, -0.2) is 0 Å². The number of aromatic nitrogens is 1. The molecule has 2 heterocycles. The van der Waals surface area contributed by atoms with E-state index >= 15 is 0 Å². The lowest BCUT2D eigenvalue weighted by molar-refractivity contribution is -0.132. The van der Waals surface area contributed by atoms with Crippen molar-refractivity contribution >= 4 is 5.91 Å². The highest BCUT2D eigenvalue weighted by Gasteiger charge is 2.24. The Morgan fingerprint density at radius 1 is 0.939 bits per heavy atom. The van der Waals surface area contributed by atoms with Crippen LogP contribution in [-0.4, -0.2) is 41.6 Å². The van der Waals surface area contributed by atoms with E-state index in [2.05, 4.69) is 4.98 Å². The number of unbranched alkanes of at least 4 members (excludes halogenated alkanes) is 1. The van der Waals surface area contributed by atoms with E-state index in [4.69, 9.17) is 9.47 Å². The molecule has 1 aliphatic carbocycles. The molecule has 178 valence electrons. The van der Waals surface area contributed by atoms with Gasteiger partial charge in [-0.3, -0.25) is 9.78 Å². The van der Waals surface area contributed by atoms with Crippen molar-refractivity contribution in [1.82, 2.24) is 9.88 Å². The number of rotatable bonds is 10. The predicted octanol–water partition coefficient (Wildman–Crippen LogP) is 5.82. The lowest BCUT2D eigenvalue weighted by atomic mass is 9.86. The van der Waals surface area contributed by atoms with E-state index in [0.29, 0.717) is 6.42 Å². The topological polar surface area (TPSA) is 51.7 Å². The zero-order chi connectivity index (χ0) is 22.7. The molecular weight excluding hydrogens is 412 g/mol. The number of amides is 1. The first-order chi connectivity index (χ1) is 16.3. The zero-order valence-electron chi connectivity index (χ0n) is 19.8. The first-order valence-corrected chi connectivity index (χ1v) is 12.8. The highest BCUT2D eigenvalue weighted by Crippen LogP contribution is 2.28. The molecule has 0 atom stereocenters. The Labute approximate surface area is 198 Å². The SMILES string of the molecule is O=C(Cc1cccnc1)N1CCC(Oc2ccc(OCCCCC3CCCCC3)cc2)CC1. The highest BCUT2D eigenvalue weighted by molar-refractivity contribution is 5.78. The Morgan fingerprint density at radius 3 is 2.42 bits per heavy atom. The maximum absolute atomic E-state index is 12.5.